The second-order valence-corrected chi connectivity index (χ2v) is 5.59. The van der Waals surface area contributed by atoms with Gasteiger partial charge < -0.3 is 9.84 Å². The van der Waals surface area contributed by atoms with Gasteiger partial charge in [-0.1, -0.05) is 48.0 Å². The molecule has 0 heterocycles. The number of aliphatic hydroxyl groups excluding tert-OH is 1. The summed E-state index contributed by atoms with van der Waals surface area (Å²) >= 11 is 3.42. The first kappa shape index (κ1) is 14.1. The van der Waals surface area contributed by atoms with Gasteiger partial charge >= 0.3 is 0 Å². The van der Waals surface area contributed by atoms with E-state index in [-0.39, 0.29) is 6.61 Å². The van der Waals surface area contributed by atoms with Crippen LogP contribution in [0.2, 0.25) is 0 Å². The molecule has 0 bridgehead atoms. The second kappa shape index (κ2) is 6.22. The largest absolute Gasteiger partial charge is 0.457 e. The Morgan fingerprint density at radius 1 is 1.11 bits per heavy atom. The van der Waals surface area contributed by atoms with Crippen molar-refractivity contribution in [2.24, 2.45) is 0 Å². The molecule has 0 atom stereocenters. The van der Waals surface area contributed by atoms with Gasteiger partial charge in [0.05, 0.1) is 6.61 Å². The number of halogens is 1. The zero-order valence-electron chi connectivity index (χ0n) is 11.1. The molecule has 1 N–H and O–H groups in total. The average molecular weight is 321 g/mol. The average Bonchev–Trinajstić information content (AvgIpc) is 2.39. The van der Waals surface area contributed by atoms with Gasteiger partial charge in [-0.2, -0.15) is 0 Å². The lowest BCUT2D eigenvalue weighted by molar-refractivity contribution is 0.281. The van der Waals surface area contributed by atoms with Crippen LogP contribution in [-0.4, -0.2) is 5.11 Å². The topological polar surface area (TPSA) is 29.5 Å². The van der Waals surface area contributed by atoms with Crippen LogP contribution in [0.15, 0.2) is 46.9 Å². The lowest BCUT2D eigenvalue weighted by atomic mass is 10.0. The van der Waals surface area contributed by atoms with Crippen molar-refractivity contribution < 1.29 is 9.84 Å². The van der Waals surface area contributed by atoms with Crippen LogP contribution in [-0.2, 0) is 6.61 Å². The second-order valence-electron chi connectivity index (χ2n) is 4.74. The molecule has 2 aromatic rings. The van der Waals surface area contributed by atoms with Crippen LogP contribution < -0.4 is 4.74 Å². The van der Waals surface area contributed by atoms with E-state index in [4.69, 9.17) is 9.84 Å². The molecule has 2 rings (SSSR count). The summed E-state index contributed by atoms with van der Waals surface area (Å²) in [6.45, 7) is 4.33. The van der Waals surface area contributed by atoms with E-state index in [1.165, 1.54) is 5.56 Å². The molecule has 0 saturated heterocycles. The van der Waals surface area contributed by atoms with E-state index in [0.29, 0.717) is 5.92 Å². The zero-order valence-corrected chi connectivity index (χ0v) is 12.6. The van der Waals surface area contributed by atoms with Crippen molar-refractivity contribution in [2.45, 2.75) is 26.4 Å². The Morgan fingerprint density at radius 2 is 1.84 bits per heavy atom. The maximum Gasteiger partial charge on any atom is 0.128 e. The van der Waals surface area contributed by atoms with E-state index in [9.17, 15) is 0 Å². The predicted molar refractivity (Wildman–Crippen MR) is 80.7 cm³/mol. The van der Waals surface area contributed by atoms with E-state index < -0.39 is 0 Å². The third-order valence-electron chi connectivity index (χ3n) is 2.96. The number of hydrogen-bond acceptors (Lipinski definition) is 2. The van der Waals surface area contributed by atoms with Gasteiger partial charge in [-0.25, -0.2) is 0 Å². The number of ether oxygens (including phenoxy) is 1. The van der Waals surface area contributed by atoms with Crippen LogP contribution in [0.25, 0.3) is 0 Å². The maximum atomic E-state index is 9.13. The molecule has 3 heteroatoms. The monoisotopic (exact) mass is 320 g/mol. The molecule has 0 unspecified atom stereocenters. The first-order valence-electron chi connectivity index (χ1n) is 6.27. The van der Waals surface area contributed by atoms with Crippen molar-refractivity contribution in [1.82, 2.24) is 0 Å². The molecule has 2 nitrogen and oxygen atoms in total. The Morgan fingerprint density at radius 3 is 2.47 bits per heavy atom. The number of hydrogen-bond donors (Lipinski definition) is 1. The van der Waals surface area contributed by atoms with Crippen LogP contribution in [0.1, 0.15) is 30.9 Å². The molecule has 2 aromatic carbocycles. The van der Waals surface area contributed by atoms with Crippen LogP contribution in [0, 0.1) is 0 Å². The Labute approximate surface area is 122 Å². The quantitative estimate of drug-likeness (QED) is 0.871. The summed E-state index contributed by atoms with van der Waals surface area (Å²) in [4.78, 5) is 0. The standard InChI is InChI=1S/C16H17BrO2/c1-11(2)12-4-3-5-14(8-12)19-15-7-6-13(10-18)16(17)9-15/h3-9,11,18H,10H2,1-2H3. The molecule has 0 fully saturated rings. The Kier molecular flexibility index (Phi) is 4.61. The highest BCUT2D eigenvalue weighted by molar-refractivity contribution is 9.10. The Balaban J connectivity index is 2.21. The molecular formula is C16H17BrO2. The number of aliphatic hydroxyl groups is 1. The molecule has 0 saturated carbocycles. The van der Waals surface area contributed by atoms with E-state index in [0.717, 1.165) is 21.5 Å². The lowest BCUT2D eigenvalue weighted by Crippen LogP contribution is -1.91. The van der Waals surface area contributed by atoms with Crippen LogP contribution in [0.5, 0.6) is 11.5 Å². The molecule has 0 aliphatic carbocycles. The number of benzene rings is 2. The van der Waals surface area contributed by atoms with E-state index in [2.05, 4.69) is 41.9 Å². The van der Waals surface area contributed by atoms with Crippen LogP contribution >= 0.6 is 15.9 Å². The predicted octanol–water partition coefficient (Wildman–Crippen LogP) is 4.86. The van der Waals surface area contributed by atoms with Gasteiger partial charge in [0.25, 0.3) is 0 Å². The third-order valence-corrected chi connectivity index (χ3v) is 3.69. The van der Waals surface area contributed by atoms with Crippen molar-refractivity contribution >= 4 is 15.9 Å². The fraction of sp³-hybridized carbons (Fsp3) is 0.250. The zero-order chi connectivity index (χ0) is 13.8. The minimum Gasteiger partial charge on any atom is -0.457 e. The van der Waals surface area contributed by atoms with Gasteiger partial charge in [0.2, 0.25) is 0 Å². The molecule has 0 aliphatic rings. The summed E-state index contributed by atoms with van der Waals surface area (Å²) < 4.78 is 6.69. The normalized spacial score (nSPS) is 10.8. The van der Waals surface area contributed by atoms with Gasteiger partial charge in [-0.05, 0) is 41.3 Å². The van der Waals surface area contributed by atoms with Crippen molar-refractivity contribution in [1.29, 1.82) is 0 Å². The van der Waals surface area contributed by atoms with E-state index >= 15 is 0 Å². The van der Waals surface area contributed by atoms with Gasteiger partial charge in [0.15, 0.2) is 0 Å². The Hall–Kier alpha value is -1.32. The fourth-order valence-corrected chi connectivity index (χ4v) is 2.28. The summed E-state index contributed by atoms with van der Waals surface area (Å²) in [6, 6.07) is 13.7. The van der Waals surface area contributed by atoms with Gasteiger partial charge in [-0.3, -0.25) is 0 Å². The van der Waals surface area contributed by atoms with Gasteiger partial charge in [0.1, 0.15) is 11.5 Å². The minimum atomic E-state index is 0.0176. The highest BCUT2D eigenvalue weighted by atomic mass is 79.9. The summed E-state index contributed by atoms with van der Waals surface area (Å²) in [6.07, 6.45) is 0. The van der Waals surface area contributed by atoms with Crippen molar-refractivity contribution in [3.05, 3.63) is 58.1 Å². The number of rotatable bonds is 4. The highest BCUT2D eigenvalue weighted by Gasteiger charge is 2.04. The molecule has 0 spiro atoms. The van der Waals surface area contributed by atoms with Gasteiger partial charge in [-0.15, -0.1) is 0 Å². The Bertz CT molecular complexity index is 564. The smallest absolute Gasteiger partial charge is 0.128 e. The molecule has 19 heavy (non-hydrogen) atoms. The molecular weight excluding hydrogens is 304 g/mol. The van der Waals surface area contributed by atoms with E-state index in [1.807, 2.05) is 30.3 Å². The summed E-state index contributed by atoms with van der Waals surface area (Å²) in [5, 5.41) is 9.13. The van der Waals surface area contributed by atoms with Crippen molar-refractivity contribution in [3.8, 4) is 11.5 Å². The minimum absolute atomic E-state index is 0.0176. The van der Waals surface area contributed by atoms with E-state index in [1.54, 1.807) is 0 Å². The van der Waals surface area contributed by atoms with Crippen molar-refractivity contribution in [3.63, 3.8) is 0 Å². The van der Waals surface area contributed by atoms with Crippen LogP contribution in [0.3, 0.4) is 0 Å². The summed E-state index contributed by atoms with van der Waals surface area (Å²) in [7, 11) is 0. The first-order chi connectivity index (χ1) is 9.10. The molecule has 0 radical (unpaired) electrons. The van der Waals surface area contributed by atoms with Crippen LogP contribution in [0.4, 0.5) is 0 Å². The SMILES string of the molecule is CC(C)c1cccc(Oc2ccc(CO)c(Br)c2)c1. The third kappa shape index (κ3) is 3.58. The summed E-state index contributed by atoms with van der Waals surface area (Å²) in [5.74, 6) is 2.06. The first-order valence-corrected chi connectivity index (χ1v) is 7.06. The van der Waals surface area contributed by atoms with Gasteiger partial charge in [0, 0.05) is 4.47 Å². The molecule has 0 aromatic heterocycles. The van der Waals surface area contributed by atoms with Crippen molar-refractivity contribution in [2.75, 3.05) is 0 Å². The highest BCUT2D eigenvalue weighted by Crippen LogP contribution is 2.28. The molecule has 0 amide bonds. The molecule has 0 aliphatic heterocycles. The lowest BCUT2D eigenvalue weighted by Gasteiger charge is -2.10. The maximum absolute atomic E-state index is 9.13. The molecule has 100 valence electrons. The summed E-state index contributed by atoms with van der Waals surface area (Å²) in [5.41, 5.74) is 2.10. The fourth-order valence-electron chi connectivity index (χ4n) is 1.79.